The molecule has 0 N–H and O–H groups in total. The molecule has 0 aliphatic carbocycles. The molecule has 0 amide bonds. The van der Waals surface area contributed by atoms with Gasteiger partial charge in [-0.25, -0.2) is 0 Å². The molecule has 0 aliphatic heterocycles. The van der Waals surface area contributed by atoms with Crippen molar-refractivity contribution in [1.29, 1.82) is 0 Å². The Morgan fingerprint density at radius 1 is 1.08 bits per heavy atom. The molecule has 0 atom stereocenters. The SMILES string of the molecule is CCOC.COc1ccccc1. The summed E-state index contributed by atoms with van der Waals surface area (Å²) < 4.78 is 9.46. The summed E-state index contributed by atoms with van der Waals surface area (Å²) in [4.78, 5) is 0. The van der Waals surface area contributed by atoms with Crippen LogP contribution in [-0.2, 0) is 4.74 Å². The molecular weight excluding hydrogens is 152 g/mol. The summed E-state index contributed by atoms with van der Waals surface area (Å²) >= 11 is 0. The van der Waals surface area contributed by atoms with Gasteiger partial charge in [0.05, 0.1) is 7.11 Å². The molecule has 0 aliphatic rings. The third kappa shape index (κ3) is 5.74. The lowest BCUT2D eigenvalue weighted by Gasteiger charge is -1.93. The van der Waals surface area contributed by atoms with Gasteiger partial charge in [0.15, 0.2) is 0 Å². The Morgan fingerprint density at radius 2 is 1.58 bits per heavy atom. The fraction of sp³-hybridized carbons (Fsp3) is 0.400. The van der Waals surface area contributed by atoms with E-state index in [9.17, 15) is 0 Å². The Labute approximate surface area is 74.1 Å². The molecule has 2 nitrogen and oxygen atoms in total. The van der Waals surface area contributed by atoms with Crippen LogP contribution in [0.2, 0.25) is 0 Å². The number of para-hydroxylation sites is 1. The largest absolute Gasteiger partial charge is 0.497 e. The zero-order valence-corrected chi connectivity index (χ0v) is 7.91. The third-order valence-corrected chi connectivity index (χ3v) is 1.27. The van der Waals surface area contributed by atoms with Gasteiger partial charge in [-0.15, -0.1) is 0 Å². The van der Waals surface area contributed by atoms with E-state index in [0.717, 1.165) is 12.4 Å². The molecule has 0 radical (unpaired) electrons. The molecule has 0 heterocycles. The first-order chi connectivity index (χ1) is 5.85. The van der Waals surface area contributed by atoms with Crippen molar-refractivity contribution in [3.63, 3.8) is 0 Å². The van der Waals surface area contributed by atoms with E-state index in [1.165, 1.54) is 0 Å². The number of hydrogen-bond donors (Lipinski definition) is 0. The Balaban J connectivity index is 0.000000261. The highest BCUT2D eigenvalue weighted by Crippen LogP contribution is 2.05. The molecule has 1 aromatic carbocycles. The second kappa shape index (κ2) is 8.08. The highest BCUT2D eigenvalue weighted by Gasteiger charge is 1.80. The van der Waals surface area contributed by atoms with E-state index in [0.29, 0.717) is 0 Å². The summed E-state index contributed by atoms with van der Waals surface area (Å²) in [6.45, 7) is 2.78. The number of ether oxygens (including phenoxy) is 2. The van der Waals surface area contributed by atoms with Crippen molar-refractivity contribution in [2.75, 3.05) is 20.8 Å². The second-order valence-corrected chi connectivity index (χ2v) is 2.09. The van der Waals surface area contributed by atoms with Crippen LogP contribution < -0.4 is 4.74 Å². The van der Waals surface area contributed by atoms with E-state index in [4.69, 9.17) is 4.74 Å². The number of hydrogen-bond acceptors (Lipinski definition) is 2. The van der Waals surface area contributed by atoms with Crippen molar-refractivity contribution in [3.05, 3.63) is 30.3 Å². The maximum atomic E-state index is 4.91. The molecule has 0 bridgehead atoms. The zero-order chi connectivity index (χ0) is 9.23. The summed E-state index contributed by atoms with van der Waals surface area (Å²) in [7, 11) is 3.34. The first kappa shape index (κ1) is 11.0. The highest BCUT2D eigenvalue weighted by molar-refractivity contribution is 5.20. The monoisotopic (exact) mass is 168 g/mol. The minimum Gasteiger partial charge on any atom is -0.497 e. The molecule has 0 fully saturated rings. The fourth-order valence-electron chi connectivity index (χ4n) is 0.557. The zero-order valence-electron chi connectivity index (χ0n) is 7.91. The van der Waals surface area contributed by atoms with Crippen LogP contribution in [0.5, 0.6) is 5.75 Å². The molecule has 0 aromatic heterocycles. The van der Waals surface area contributed by atoms with E-state index >= 15 is 0 Å². The molecule has 2 heteroatoms. The quantitative estimate of drug-likeness (QED) is 0.674. The van der Waals surface area contributed by atoms with Crippen LogP contribution in [0.4, 0.5) is 0 Å². The van der Waals surface area contributed by atoms with Crippen LogP contribution in [0, 0.1) is 0 Å². The van der Waals surface area contributed by atoms with Gasteiger partial charge in [-0.1, -0.05) is 18.2 Å². The minimum absolute atomic E-state index is 0.819. The van der Waals surface area contributed by atoms with Gasteiger partial charge in [0.25, 0.3) is 0 Å². The van der Waals surface area contributed by atoms with Crippen LogP contribution in [-0.4, -0.2) is 20.8 Å². The van der Waals surface area contributed by atoms with Gasteiger partial charge < -0.3 is 9.47 Å². The van der Waals surface area contributed by atoms with Gasteiger partial charge in [0.1, 0.15) is 5.75 Å². The van der Waals surface area contributed by atoms with Crippen molar-refractivity contribution in [1.82, 2.24) is 0 Å². The maximum absolute atomic E-state index is 4.91. The van der Waals surface area contributed by atoms with Gasteiger partial charge in [0.2, 0.25) is 0 Å². The summed E-state index contributed by atoms with van der Waals surface area (Å²) in [6.07, 6.45) is 0. The highest BCUT2D eigenvalue weighted by atomic mass is 16.5. The summed E-state index contributed by atoms with van der Waals surface area (Å²) in [5.74, 6) is 0.910. The summed E-state index contributed by atoms with van der Waals surface area (Å²) in [5.41, 5.74) is 0. The lowest BCUT2D eigenvalue weighted by Crippen LogP contribution is -1.78. The number of methoxy groups -OCH3 is 2. The maximum Gasteiger partial charge on any atom is 0.118 e. The van der Waals surface area contributed by atoms with Gasteiger partial charge in [-0.2, -0.15) is 0 Å². The average molecular weight is 168 g/mol. The van der Waals surface area contributed by atoms with E-state index in [1.807, 2.05) is 37.3 Å². The Morgan fingerprint density at radius 3 is 1.83 bits per heavy atom. The van der Waals surface area contributed by atoms with Crippen LogP contribution >= 0.6 is 0 Å². The molecule has 12 heavy (non-hydrogen) atoms. The Kier molecular flexibility index (Phi) is 7.39. The number of benzene rings is 1. The molecule has 1 rings (SSSR count). The lowest BCUT2D eigenvalue weighted by molar-refractivity contribution is 0.215. The number of rotatable bonds is 2. The molecule has 0 saturated carbocycles. The van der Waals surface area contributed by atoms with Gasteiger partial charge in [0, 0.05) is 13.7 Å². The molecular formula is C10H16O2. The predicted molar refractivity (Wildman–Crippen MR) is 50.5 cm³/mol. The van der Waals surface area contributed by atoms with E-state index in [2.05, 4.69) is 4.74 Å². The van der Waals surface area contributed by atoms with Crippen LogP contribution in [0.3, 0.4) is 0 Å². The second-order valence-electron chi connectivity index (χ2n) is 2.09. The lowest BCUT2D eigenvalue weighted by atomic mass is 10.3. The summed E-state index contributed by atoms with van der Waals surface area (Å²) in [6, 6.07) is 9.68. The van der Waals surface area contributed by atoms with Crippen molar-refractivity contribution in [3.8, 4) is 5.75 Å². The van der Waals surface area contributed by atoms with E-state index in [-0.39, 0.29) is 0 Å². The Hall–Kier alpha value is -1.02. The molecule has 0 saturated heterocycles. The van der Waals surface area contributed by atoms with Gasteiger partial charge in [-0.3, -0.25) is 0 Å². The topological polar surface area (TPSA) is 18.5 Å². The van der Waals surface area contributed by atoms with Gasteiger partial charge in [-0.05, 0) is 19.1 Å². The summed E-state index contributed by atoms with van der Waals surface area (Å²) in [5, 5.41) is 0. The first-order valence-corrected chi connectivity index (χ1v) is 3.93. The smallest absolute Gasteiger partial charge is 0.118 e. The van der Waals surface area contributed by atoms with Crippen LogP contribution in [0.25, 0.3) is 0 Å². The van der Waals surface area contributed by atoms with E-state index in [1.54, 1.807) is 14.2 Å². The molecule has 0 spiro atoms. The minimum atomic E-state index is 0.819. The van der Waals surface area contributed by atoms with Crippen molar-refractivity contribution in [2.45, 2.75) is 6.92 Å². The fourth-order valence-corrected chi connectivity index (χ4v) is 0.557. The first-order valence-electron chi connectivity index (χ1n) is 3.93. The van der Waals surface area contributed by atoms with Crippen LogP contribution in [0.1, 0.15) is 6.92 Å². The standard InChI is InChI=1S/C7H8O.C3H8O/c1-8-7-5-3-2-4-6-7;1-3-4-2/h2-6H,1H3;3H2,1-2H3. The van der Waals surface area contributed by atoms with Gasteiger partial charge >= 0.3 is 0 Å². The van der Waals surface area contributed by atoms with Crippen LogP contribution in [0.15, 0.2) is 30.3 Å². The van der Waals surface area contributed by atoms with E-state index < -0.39 is 0 Å². The molecule has 0 unspecified atom stereocenters. The van der Waals surface area contributed by atoms with Crippen molar-refractivity contribution in [2.24, 2.45) is 0 Å². The Bertz CT molecular complexity index is 170. The molecule has 1 aromatic rings. The third-order valence-electron chi connectivity index (χ3n) is 1.27. The normalized spacial score (nSPS) is 8.25. The van der Waals surface area contributed by atoms with Crippen molar-refractivity contribution >= 4 is 0 Å². The molecule has 68 valence electrons. The predicted octanol–water partition coefficient (Wildman–Crippen LogP) is 2.35. The average Bonchev–Trinajstić information content (AvgIpc) is 2.19. The van der Waals surface area contributed by atoms with Crippen molar-refractivity contribution < 1.29 is 9.47 Å².